The number of phenolic OH excluding ortho intramolecular Hbond substituents is 2. The topological polar surface area (TPSA) is 66.1 Å². The first kappa shape index (κ1) is 78.5. The molecule has 4 nitrogen and oxygen atoms in total. The van der Waals surface area contributed by atoms with Crippen LogP contribution >= 0.6 is 0 Å². The molecule has 7 heteroatoms. The molecule has 0 aliphatic rings. The molecule has 0 aromatic heterocycles. The monoisotopic (exact) mass is 1490 g/mol. The van der Waals surface area contributed by atoms with E-state index in [9.17, 15) is 10.2 Å². The number of aliphatic hydroxyl groups is 2. The van der Waals surface area contributed by atoms with E-state index in [1.807, 2.05) is 13.8 Å². The van der Waals surface area contributed by atoms with Gasteiger partial charge >= 0.3 is 0 Å². The normalized spacial score (nSPS) is 12.8. The number of ether oxygens (including phenoxy) is 2. The first-order valence-corrected chi connectivity index (χ1v) is 34.5. The Hall–Kier alpha value is -6.83. The molecule has 520 valence electrons. The minimum Gasteiger partial charge on any atom is -0.582 e. The van der Waals surface area contributed by atoms with Crippen molar-refractivity contribution in [2.24, 2.45) is 10.8 Å². The third kappa shape index (κ3) is 16.5. The van der Waals surface area contributed by atoms with Crippen LogP contribution in [0.1, 0.15) is 216 Å². The Kier molecular flexibility index (Phi) is 22.4. The van der Waals surface area contributed by atoms with Crippen molar-refractivity contribution in [3.8, 4) is 67.5 Å². The Bertz CT molecular complexity index is 4340. The molecule has 4 N–H and O–H groups in total. The van der Waals surface area contributed by atoms with Crippen molar-refractivity contribution in [1.82, 2.24) is 0 Å². The smallest absolute Gasteiger partial charge is 0.265 e. The molecule has 10 aromatic carbocycles. The van der Waals surface area contributed by atoms with Gasteiger partial charge in [0.1, 0.15) is 29.6 Å². The number of benzene rings is 10. The number of aryl methyl sites for hydroxylation is 2. The zero-order chi connectivity index (χ0) is 69.8. The average molecular weight is 1490 g/mol. The summed E-state index contributed by atoms with van der Waals surface area (Å²) in [7, 11) is 0. The van der Waals surface area contributed by atoms with Crippen LogP contribution in [0.25, 0.3) is 87.6 Å². The fraction of sp³-hybridized carbons (Fsp3) is 0.407. The summed E-state index contributed by atoms with van der Waals surface area (Å²) in [6.45, 7) is 53.9. The molecule has 0 amide bonds. The summed E-state index contributed by atoms with van der Waals surface area (Å²) in [5.41, 5.74) is 12.2. The summed E-state index contributed by atoms with van der Waals surface area (Å²) >= 11 is 0. The summed E-state index contributed by atoms with van der Waals surface area (Å²) in [5, 5.41) is 35.1. The molecule has 0 atom stereocenters. The second-order valence-corrected chi connectivity index (χ2v) is 35.7. The van der Waals surface area contributed by atoms with Crippen LogP contribution in [-0.2, 0) is 58.3 Å². The van der Waals surface area contributed by atoms with E-state index in [1.54, 1.807) is 0 Å². The summed E-state index contributed by atoms with van der Waals surface area (Å²) in [4.78, 5) is 0. The summed E-state index contributed by atoms with van der Waals surface area (Å²) in [6.07, 6.45) is 2.20. The number of aromatic hydroxyl groups is 4. The fourth-order valence-electron chi connectivity index (χ4n) is 15.1. The number of hydrogen-bond donors (Lipinski definition) is 2. The Morgan fingerprint density at radius 2 is 0.633 bits per heavy atom. The Morgan fingerprint density at radius 1 is 0.327 bits per heavy atom. The molecule has 0 heterocycles. The van der Waals surface area contributed by atoms with Gasteiger partial charge in [-0.25, -0.2) is 8.78 Å². The quantitative estimate of drug-likeness (QED) is 0.0375. The van der Waals surface area contributed by atoms with Gasteiger partial charge in [0.2, 0.25) is 0 Å². The van der Waals surface area contributed by atoms with Crippen molar-refractivity contribution >= 4 is 43.1 Å². The second-order valence-electron chi connectivity index (χ2n) is 35.7. The molecule has 0 unspecified atom stereocenters. The number of phenols is 2. The van der Waals surface area contributed by atoms with E-state index in [4.69, 9.17) is 9.47 Å². The fourth-order valence-corrected chi connectivity index (χ4v) is 15.1. The van der Waals surface area contributed by atoms with Crippen LogP contribution in [0, 0.1) is 51.2 Å². The number of fused-ring (bicyclic) bond motifs is 4. The van der Waals surface area contributed by atoms with Crippen LogP contribution in [0.4, 0.5) is 8.78 Å². The van der Waals surface area contributed by atoms with Gasteiger partial charge in [0, 0.05) is 70.4 Å². The Morgan fingerprint density at radius 3 is 0.949 bits per heavy atom. The molecular formula is C91H114F2HfO4. The maximum Gasteiger partial charge on any atom is 0.265 e. The SMILES string of the molecule is Cc1cc(F)cc(-c2cc(C(C)(C)CC(C)(C)C)cc(-c3c4ccc(C(C)(C)C)cc4cc4ccc(C(C)(C)C)cc34)c2O)c1[OH+]CCC[OH+]c1c(C)cc(F)cc1-c1cc(C(C)(C)CC(C)(C)C)cc(-c2c3ccc(C(C)(C)C)cc3cc3ccc(C(C)(C)C)cc23)c1O.[CH3-].[CH3-].[Hf]. The third-order valence-electron chi connectivity index (χ3n) is 19.6. The van der Waals surface area contributed by atoms with Crippen molar-refractivity contribution in [3.63, 3.8) is 0 Å². The zero-order valence-corrected chi connectivity index (χ0v) is 67.9. The van der Waals surface area contributed by atoms with Crippen molar-refractivity contribution in [2.75, 3.05) is 13.2 Å². The molecule has 10 aromatic rings. The predicted octanol–water partition coefficient (Wildman–Crippen LogP) is 26.4. The maximum absolute atomic E-state index is 16.4. The van der Waals surface area contributed by atoms with E-state index in [2.05, 4.69) is 262 Å². The molecule has 0 fully saturated rings. The van der Waals surface area contributed by atoms with E-state index in [0.29, 0.717) is 75.6 Å². The van der Waals surface area contributed by atoms with E-state index >= 15 is 8.78 Å². The van der Waals surface area contributed by atoms with Gasteiger partial charge in [0.25, 0.3) is 11.5 Å². The number of rotatable bonds is 14. The van der Waals surface area contributed by atoms with Crippen LogP contribution in [0.3, 0.4) is 0 Å². The molecule has 98 heavy (non-hydrogen) atoms. The van der Waals surface area contributed by atoms with Gasteiger partial charge in [0.15, 0.2) is 13.2 Å². The van der Waals surface area contributed by atoms with E-state index < -0.39 is 11.6 Å². The minimum absolute atomic E-state index is 0. The van der Waals surface area contributed by atoms with Gasteiger partial charge in [0.05, 0.1) is 11.1 Å². The van der Waals surface area contributed by atoms with Gasteiger partial charge in [-0.2, -0.15) is 0 Å². The van der Waals surface area contributed by atoms with Crippen molar-refractivity contribution < 1.29 is 54.3 Å². The molecule has 0 saturated heterocycles. The maximum atomic E-state index is 16.4. The van der Waals surface area contributed by atoms with Crippen molar-refractivity contribution in [3.05, 3.63) is 204 Å². The Balaban J connectivity index is 0.00000451. The summed E-state index contributed by atoms with van der Waals surface area (Å²) in [6, 6.07) is 46.2. The minimum atomic E-state index is -0.415. The van der Waals surface area contributed by atoms with E-state index in [0.717, 1.165) is 78.2 Å². The van der Waals surface area contributed by atoms with Crippen LogP contribution in [0.5, 0.6) is 23.0 Å². The largest absolute Gasteiger partial charge is 0.582 e. The van der Waals surface area contributed by atoms with Gasteiger partial charge in [-0.3, -0.25) is 0 Å². The van der Waals surface area contributed by atoms with Crippen LogP contribution in [-0.4, -0.2) is 32.9 Å². The van der Waals surface area contributed by atoms with Crippen LogP contribution in [0.2, 0.25) is 0 Å². The number of halogens is 2. The summed E-state index contributed by atoms with van der Waals surface area (Å²) in [5.74, 6) is 0.509. The van der Waals surface area contributed by atoms with Crippen LogP contribution < -0.4 is 0 Å². The predicted molar refractivity (Wildman–Crippen MR) is 417 cm³/mol. The first-order chi connectivity index (χ1) is 43.8. The number of hydrogen-bond acceptors (Lipinski definition) is 2. The molecule has 0 radical (unpaired) electrons. The molecule has 0 aliphatic heterocycles. The van der Waals surface area contributed by atoms with Crippen LogP contribution in [0.15, 0.2) is 133 Å². The van der Waals surface area contributed by atoms with Crippen molar-refractivity contribution in [1.29, 1.82) is 0 Å². The molecule has 0 saturated carbocycles. The summed E-state index contributed by atoms with van der Waals surface area (Å²) < 4.78 is 43.4. The zero-order valence-electron chi connectivity index (χ0n) is 64.3. The van der Waals surface area contributed by atoms with Gasteiger partial charge in [-0.15, -0.1) is 0 Å². The third-order valence-corrected chi connectivity index (χ3v) is 19.6. The van der Waals surface area contributed by atoms with E-state index in [-0.39, 0.29) is 95.5 Å². The van der Waals surface area contributed by atoms with Gasteiger partial charge < -0.3 is 34.5 Å². The molecule has 0 bridgehead atoms. The van der Waals surface area contributed by atoms with Gasteiger partial charge in [-0.1, -0.05) is 213 Å². The molecule has 0 spiro atoms. The Labute approximate surface area is 607 Å². The van der Waals surface area contributed by atoms with Crippen molar-refractivity contribution in [2.45, 2.75) is 218 Å². The van der Waals surface area contributed by atoms with E-state index in [1.165, 1.54) is 46.5 Å². The standard InChI is InChI=1S/C89H106F2O4.2CH3.Hf/c1-52-36-64(90)48-72(70-44-62(88(21,22)50-82(3,4)5)46-74(78(70)92)76-66-32-30-58(84(9,10)11)40-56(66)38-54-26-28-60(42-68(54)76)86(15,16)17)80(52)94-34-25-35-95-81-53(2)37-65(91)49-73(81)71-45-63(89(23,24)51-83(6,7)8)47-75(79(71)93)77-67-33-31-59(85(12,13)14)41-57(67)39-55-27-29-61(43-69(55)77)87(18,19)20;;;/h26-33,36-49,92-93H,25,34-35,50-51H2,1-24H3;2*1H3;/q;2*-1;/p+2. The van der Waals surface area contributed by atoms with Gasteiger partial charge in [-0.05, 0) is 219 Å². The molecule has 0 aliphatic carbocycles. The average Bonchev–Trinajstić information content (AvgIpc) is 0.737. The molecular weight excluding hydrogens is 1370 g/mol. The molecule has 10 rings (SSSR count). The second kappa shape index (κ2) is 27.9. The first-order valence-electron chi connectivity index (χ1n) is 34.5.